The first-order valence-electron chi connectivity index (χ1n) is 6.91. The highest BCUT2D eigenvalue weighted by molar-refractivity contribution is 4.66. The minimum absolute atomic E-state index is 0.397. The summed E-state index contributed by atoms with van der Waals surface area (Å²) in [6.45, 7) is 11.1. The van der Waals surface area contributed by atoms with E-state index < -0.39 is 0 Å². The van der Waals surface area contributed by atoms with Crippen LogP contribution in [-0.2, 0) is 4.74 Å². The van der Waals surface area contributed by atoms with Crippen LogP contribution in [0.5, 0.6) is 0 Å². The number of nitrogens with zero attached hydrogens (tertiary/aromatic N) is 1. The molecule has 1 rings (SSSR count). The van der Waals surface area contributed by atoms with Crippen LogP contribution >= 0.6 is 0 Å². The van der Waals surface area contributed by atoms with Crippen molar-refractivity contribution < 1.29 is 4.74 Å². The summed E-state index contributed by atoms with van der Waals surface area (Å²) in [5.41, 5.74) is 0. The van der Waals surface area contributed by atoms with Gasteiger partial charge in [-0.1, -0.05) is 13.8 Å². The SMILES string of the molecule is CCCNCC(CC)OCCN1CCCC1. The molecule has 1 fully saturated rings. The Morgan fingerprint density at radius 3 is 2.62 bits per heavy atom. The van der Waals surface area contributed by atoms with Crippen molar-refractivity contribution in [2.45, 2.75) is 45.6 Å². The predicted octanol–water partition coefficient (Wildman–Crippen LogP) is 1.88. The van der Waals surface area contributed by atoms with E-state index in [1.165, 1.54) is 32.4 Å². The Bertz CT molecular complexity index is 158. The molecule has 0 aromatic carbocycles. The average molecular weight is 228 g/mol. The molecule has 0 bridgehead atoms. The third-order valence-electron chi connectivity index (χ3n) is 3.21. The van der Waals surface area contributed by atoms with E-state index >= 15 is 0 Å². The maximum atomic E-state index is 5.90. The molecule has 1 N–H and O–H groups in total. The summed E-state index contributed by atoms with van der Waals surface area (Å²) in [5, 5.41) is 3.43. The van der Waals surface area contributed by atoms with Gasteiger partial charge in [-0.2, -0.15) is 0 Å². The van der Waals surface area contributed by atoms with Gasteiger partial charge < -0.3 is 15.0 Å². The van der Waals surface area contributed by atoms with Crippen molar-refractivity contribution >= 4 is 0 Å². The maximum absolute atomic E-state index is 5.90. The molecule has 1 saturated heterocycles. The second kappa shape index (κ2) is 8.97. The monoisotopic (exact) mass is 228 g/mol. The van der Waals surface area contributed by atoms with Crippen LogP contribution in [0.1, 0.15) is 39.5 Å². The van der Waals surface area contributed by atoms with Gasteiger partial charge in [0.15, 0.2) is 0 Å². The van der Waals surface area contributed by atoms with Gasteiger partial charge in [0.05, 0.1) is 12.7 Å². The third kappa shape index (κ3) is 5.83. The zero-order chi connectivity index (χ0) is 11.6. The summed E-state index contributed by atoms with van der Waals surface area (Å²) in [6.07, 6.45) is 5.44. The highest BCUT2D eigenvalue weighted by Gasteiger charge is 2.12. The zero-order valence-corrected chi connectivity index (χ0v) is 11.0. The minimum atomic E-state index is 0.397. The first-order chi connectivity index (χ1) is 7.86. The summed E-state index contributed by atoms with van der Waals surface area (Å²) in [6, 6.07) is 0. The van der Waals surface area contributed by atoms with E-state index in [1.807, 2.05) is 0 Å². The Morgan fingerprint density at radius 1 is 1.25 bits per heavy atom. The lowest BCUT2D eigenvalue weighted by molar-refractivity contribution is 0.0390. The molecule has 16 heavy (non-hydrogen) atoms. The first-order valence-corrected chi connectivity index (χ1v) is 6.91. The van der Waals surface area contributed by atoms with Gasteiger partial charge in [-0.05, 0) is 45.3 Å². The highest BCUT2D eigenvalue weighted by atomic mass is 16.5. The molecule has 1 atom stereocenters. The summed E-state index contributed by atoms with van der Waals surface area (Å²) in [7, 11) is 0. The summed E-state index contributed by atoms with van der Waals surface area (Å²) in [4.78, 5) is 2.51. The second-order valence-electron chi connectivity index (χ2n) is 4.65. The van der Waals surface area contributed by atoms with E-state index in [4.69, 9.17) is 4.74 Å². The van der Waals surface area contributed by atoms with E-state index in [0.717, 1.165) is 32.7 Å². The van der Waals surface area contributed by atoms with Gasteiger partial charge >= 0.3 is 0 Å². The Labute approximate surface area is 101 Å². The fraction of sp³-hybridized carbons (Fsp3) is 1.00. The van der Waals surface area contributed by atoms with E-state index in [-0.39, 0.29) is 0 Å². The second-order valence-corrected chi connectivity index (χ2v) is 4.65. The van der Waals surface area contributed by atoms with E-state index in [0.29, 0.717) is 6.10 Å². The number of ether oxygens (including phenoxy) is 1. The van der Waals surface area contributed by atoms with Crippen molar-refractivity contribution in [2.75, 3.05) is 39.3 Å². The van der Waals surface area contributed by atoms with Crippen LogP contribution in [0.15, 0.2) is 0 Å². The van der Waals surface area contributed by atoms with Crippen LogP contribution < -0.4 is 5.32 Å². The largest absolute Gasteiger partial charge is 0.376 e. The van der Waals surface area contributed by atoms with E-state index in [2.05, 4.69) is 24.1 Å². The van der Waals surface area contributed by atoms with Gasteiger partial charge in [-0.15, -0.1) is 0 Å². The molecule has 0 amide bonds. The topological polar surface area (TPSA) is 24.5 Å². The molecule has 3 nitrogen and oxygen atoms in total. The average Bonchev–Trinajstić information content (AvgIpc) is 2.80. The third-order valence-corrected chi connectivity index (χ3v) is 3.21. The standard InChI is InChI=1S/C13H28N2O/c1-3-7-14-12-13(4-2)16-11-10-15-8-5-6-9-15/h13-14H,3-12H2,1-2H3. The lowest BCUT2D eigenvalue weighted by atomic mass is 10.2. The van der Waals surface area contributed by atoms with Gasteiger partial charge in [0, 0.05) is 13.1 Å². The fourth-order valence-electron chi connectivity index (χ4n) is 2.12. The van der Waals surface area contributed by atoms with Gasteiger partial charge in [-0.3, -0.25) is 0 Å². The van der Waals surface area contributed by atoms with Gasteiger partial charge in [0.2, 0.25) is 0 Å². The van der Waals surface area contributed by atoms with Crippen molar-refractivity contribution in [3.8, 4) is 0 Å². The molecule has 0 aliphatic carbocycles. The molecule has 1 aliphatic heterocycles. The van der Waals surface area contributed by atoms with Crippen molar-refractivity contribution in [1.29, 1.82) is 0 Å². The van der Waals surface area contributed by atoms with Crippen molar-refractivity contribution in [3.63, 3.8) is 0 Å². The van der Waals surface area contributed by atoms with Crippen LogP contribution in [0.3, 0.4) is 0 Å². The number of hydrogen-bond donors (Lipinski definition) is 1. The number of hydrogen-bond acceptors (Lipinski definition) is 3. The van der Waals surface area contributed by atoms with Gasteiger partial charge in [-0.25, -0.2) is 0 Å². The zero-order valence-electron chi connectivity index (χ0n) is 11.0. The molecule has 96 valence electrons. The summed E-state index contributed by atoms with van der Waals surface area (Å²) >= 11 is 0. The molecule has 0 aromatic rings. The van der Waals surface area contributed by atoms with Gasteiger partial charge in [0.25, 0.3) is 0 Å². The molecule has 1 unspecified atom stereocenters. The first kappa shape index (κ1) is 13.9. The van der Waals surface area contributed by atoms with Crippen LogP contribution in [0.2, 0.25) is 0 Å². The Balaban J connectivity index is 1.99. The van der Waals surface area contributed by atoms with Crippen LogP contribution in [0.4, 0.5) is 0 Å². The fourth-order valence-corrected chi connectivity index (χ4v) is 2.12. The number of likely N-dealkylation sites (tertiary alicyclic amines) is 1. The highest BCUT2D eigenvalue weighted by Crippen LogP contribution is 2.06. The lowest BCUT2D eigenvalue weighted by Crippen LogP contribution is -2.32. The molecule has 0 aromatic heterocycles. The molecular formula is C13H28N2O. The van der Waals surface area contributed by atoms with Crippen molar-refractivity contribution in [2.24, 2.45) is 0 Å². The molecule has 1 heterocycles. The molecule has 0 spiro atoms. The normalized spacial score (nSPS) is 19.1. The minimum Gasteiger partial charge on any atom is -0.376 e. The van der Waals surface area contributed by atoms with Crippen LogP contribution in [0.25, 0.3) is 0 Å². The predicted molar refractivity (Wildman–Crippen MR) is 68.9 cm³/mol. The maximum Gasteiger partial charge on any atom is 0.0697 e. The molecule has 1 aliphatic rings. The molecular weight excluding hydrogens is 200 g/mol. The quantitative estimate of drug-likeness (QED) is 0.610. The number of rotatable bonds is 9. The smallest absolute Gasteiger partial charge is 0.0697 e. The lowest BCUT2D eigenvalue weighted by Gasteiger charge is -2.19. The Kier molecular flexibility index (Phi) is 7.81. The van der Waals surface area contributed by atoms with Crippen molar-refractivity contribution in [1.82, 2.24) is 10.2 Å². The molecule has 0 radical (unpaired) electrons. The molecule has 0 saturated carbocycles. The van der Waals surface area contributed by atoms with E-state index in [1.54, 1.807) is 0 Å². The van der Waals surface area contributed by atoms with Gasteiger partial charge in [0.1, 0.15) is 0 Å². The van der Waals surface area contributed by atoms with Crippen molar-refractivity contribution in [3.05, 3.63) is 0 Å². The number of nitrogens with one attached hydrogen (secondary N) is 1. The van der Waals surface area contributed by atoms with Crippen LogP contribution in [-0.4, -0.2) is 50.3 Å². The summed E-state index contributed by atoms with van der Waals surface area (Å²) in [5.74, 6) is 0. The van der Waals surface area contributed by atoms with E-state index in [9.17, 15) is 0 Å². The Hall–Kier alpha value is -0.120. The summed E-state index contributed by atoms with van der Waals surface area (Å²) < 4.78 is 5.90. The molecule has 3 heteroatoms. The van der Waals surface area contributed by atoms with Crippen LogP contribution in [0, 0.1) is 0 Å². The Morgan fingerprint density at radius 2 is 2.00 bits per heavy atom.